The number of rotatable bonds is 5. The molecule has 0 saturated carbocycles. The SMILES string of the molecule is CCC(O)c1ccc(OCc2ccccc2)c2[nH]c(=O)ccc12. The number of hydrogen-bond acceptors (Lipinski definition) is 3. The monoisotopic (exact) mass is 309 g/mol. The van der Waals surface area contributed by atoms with E-state index in [2.05, 4.69) is 4.98 Å². The number of benzene rings is 2. The second kappa shape index (κ2) is 6.67. The molecule has 0 spiro atoms. The van der Waals surface area contributed by atoms with Crippen molar-refractivity contribution in [1.82, 2.24) is 4.98 Å². The van der Waals surface area contributed by atoms with Crippen LogP contribution >= 0.6 is 0 Å². The quantitative estimate of drug-likeness (QED) is 0.757. The molecule has 1 atom stereocenters. The van der Waals surface area contributed by atoms with Crippen molar-refractivity contribution in [3.63, 3.8) is 0 Å². The number of pyridine rings is 1. The predicted octanol–water partition coefficient (Wildman–Crippen LogP) is 3.55. The molecule has 0 saturated heterocycles. The molecule has 0 aliphatic carbocycles. The molecule has 1 aromatic heterocycles. The third-order valence-electron chi connectivity index (χ3n) is 3.87. The molecule has 0 bridgehead atoms. The van der Waals surface area contributed by atoms with E-state index in [-0.39, 0.29) is 5.56 Å². The molecule has 2 N–H and O–H groups in total. The van der Waals surface area contributed by atoms with E-state index in [4.69, 9.17) is 4.74 Å². The van der Waals surface area contributed by atoms with Crippen LogP contribution in [0.3, 0.4) is 0 Å². The van der Waals surface area contributed by atoms with Crippen molar-refractivity contribution in [2.24, 2.45) is 0 Å². The van der Waals surface area contributed by atoms with E-state index in [0.717, 1.165) is 16.5 Å². The molecular weight excluding hydrogens is 290 g/mol. The van der Waals surface area contributed by atoms with Crippen LogP contribution in [0.2, 0.25) is 0 Å². The van der Waals surface area contributed by atoms with Crippen molar-refractivity contribution in [3.05, 3.63) is 76.1 Å². The summed E-state index contributed by atoms with van der Waals surface area (Å²) in [5, 5.41) is 11.0. The fraction of sp³-hybridized carbons (Fsp3) is 0.211. The number of aliphatic hydroxyl groups is 1. The number of fused-ring (bicyclic) bond motifs is 1. The van der Waals surface area contributed by atoms with E-state index in [1.54, 1.807) is 12.1 Å². The molecule has 1 unspecified atom stereocenters. The summed E-state index contributed by atoms with van der Waals surface area (Å²) in [5.74, 6) is 0.605. The highest BCUT2D eigenvalue weighted by atomic mass is 16.5. The van der Waals surface area contributed by atoms with Crippen molar-refractivity contribution in [3.8, 4) is 5.75 Å². The summed E-state index contributed by atoms with van der Waals surface area (Å²) in [4.78, 5) is 14.5. The van der Waals surface area contributed by atoms with E-state index in [1.165, 1.54) is 6.07 Å². The van der Waals surface area contributed by atoms with Crippen LogP contribution in [-0.2, 0) is 6.61 Å². The smallest absolute Gasteiger partial charge is 0.248 e. The lowest BCUT2D eigenvalue weighted by Crippen LogP contribution is -2.07. The molecule has 4 nitrogen and oxygen atoms in total. The third kappa shape index (κ3) is 3.27. The van der Waals surface area contributed by atoms with Gasteiger partial charge >= 0.3 is 0 Å². The fourth-order valence-electron chi connectivity index (χ4n) is 2.61. The van der Waals surface area contributed by atoms with Gasteiger partial charge in [-0.3, -0.25) is 4.79 Å². The van der Waals surface area contributed by atoms with Crippen LogP contribution in [0.1, 0.15) is 30.6 Å². The maximum Gasteiger partial charge on any atom is 0.248 e. The highest BCUT2D eigenvalue weighted by Gasteiger charge is 2.13. The zero-order chi connectivity index (χ0) is 16.2. The summed E-state index contributed by atoms with van der Waals surface area (Å²) < 4.78 is 5.88. The van der Waals surface area contributed by atoms with Gasteiger partial charge in [0.05, 0.1) is 11.6 Å². The van der Waals surface area contributed by atoms with Crippen molar-refractivity contribution >= 4 is 10.9 Å². The Morgan fingerprint density at radius 3 is 2.61 bits per heavy atom. The molecule has 0 radical (unpaired) electrons. The zero-order valence-corrected chi connectivity index (χ0v) is 13.0. The summed E-state index contributed by atoms with van der Waals surface area (Å²) in [6.45, 7) is 2.34. The molecule has 2 aromatic carbocycles. The maximum absolute atomic E-state index is 11.7. The van der Waals surface area contributed by atoms with Crippen LogP contribution < -0.4 is 10.3 Å². The van der Waals surface area contributed by atoms with Gasteiger partial charge in [-0.25, -0.2) is 0 Å². The van der Waals surface area contributed by atoms with Gasteiger partial charge in [0.2, 0.25) is 5.56 Å². The number of aromatic amines is 1. The van der Waals surface area contributed by atoms with Gasteiger partial charge in [0.1, 0.15) is 12.4 Å². The lowest BCUT2D eigenvalue weighted by Gasteiger charge is -2.15. The molecule has 0 aliphatic heterocycles. The average molecular weight is 309 g/mol. The average Bonchev–Trinajstić information content (AvgIpc) is 2.59. The van der Waals surface area contributed by atoms with Gasteiger partial charge < -0.3 is 14.8 Å². The minimum atomic E-state index is -0.563. The molecule has 23 heavy (non-hydrogen) atoms. The summed E-state index contributed by atoms with van der Waals surface area (Å²) in [5.41, 5.74) is 2.28. The summed E-state index contributed by atoms with van der Waals surface area (Å²) in [7, 11) is 0. The van der Waals surface area contributed by atoms with E-state index >= 15 is 0 Å². The first-order valence-electron chi connectivity index (χ1n) is 7.69. The normalized spacial score (nSPS) is 12.3. The van der Waals surface area contributed by atoms with E-state index in [1.807, 2.05) is 43.3 Å². The Morgan fingerprint density at radius 2 is 1.87 bits per heavy atom. The third-order valence-corrected chi connectivity index (χ3v) is 3.87. The standard InChI is InChI=1S/C19H19NO3/c1-2-16(21)14-8-10-17(19-15(14)9-11-18(22)20-19)23-12-13-6-4-3-5-7-13/h3-11,16,21H,2,12H2,1H3,(H,20,22). The van der Waals surface area contributed by atoms with Gasteiger partial charge in [0, 0.05) is 11.5 Å². The van der Waals surface area contributed by atoms with E-state index < -0.39 is 6.10 Å². The topological polar surface area (TPSA) is 62.3 Å². The second-order valence-corrected chi connectivity index (χ2v) is 5.46. The lowest BCUT2D eigenvalue weighted by molar-refractivity contribution is 0.175. The molecule has 3 aromatic rings. The number of aromatic nitrogens is 1. The van der Waals surface area contributed by atoms with Crippen LogP contribution in [0.15, 0.2) is 59.4 Å². The van der Waals surface area contributed by atoms with Gasteiger partial charge in [0.15, 0.2) is 0 Å². The molecule has 0 amide bonds. The zero-order valence-electron chi connectivity index (χ0n) is 13.0. The van der Waals surface area contributed by atoms with Gasteiger partial charge in [-0.1, -0.05) is 43.3 Å². The Kier molecular flexibility index (Phi) is 4.44. The number of hydrogen-bond donors (Lipinski definition) is 2. The fourth-order valence-corrected chi connectivity index (χ4v) is 2.61. The van der Waals surface area contributed by atoms with Gasteiger partial charge in [-0.2, -0.15) is 0 Å². The van der Waals surface area contributed by atoms with Crippen molar-refractivity contribution < 1.29 is 9.84 Å². The Balaban J connectivity index is 2.00. The second-order valence-electron chi connectivity index (χ2n) is 5.46. The minimum Gasteiger partial charge on any atom is -0.487 e. The van der Waals surface area contributed by atoms with E-state index in [9.17, 15) is 9.90 Å². The van der Waals surface area contributed by atoms with Crippen molar-refractivity contribution in [1.29, 1.82) is 0 Å². The summed E-state index contributed by atoms with van der Waals surface area (Å²) in [6.07, 6.45) is 0.0462. The Labute approximate surface area is 134 Å². The summed E-state index contributed by atoms with van der Waals surface area (Å²) >= 11 is 0. The Hall–Kier alpha value is -2.59. The summed E-state index contributed by atoms with van der Waals surface area (Å²) in [6, 6.07) is 16.7. The van der Waals surface area contributed by atoms with E-state index in [0.29, 0.717) is 24.3 Å². The van der Waals surface area contributed by atoms with Crippen molar-refractivity contribution in [2.75, 3.05) is 0 Å². The molecule has 0 fully saturated rings. The number of ether oxygens (including phenoxy) is 1. The van der Waals surface area contributed by atoms with Crippen LogP contribution in [0.5, 0.6) is 5.75 Å². The van der Waals surface area contributed by atoms with Gasteiger partial charge in [-0.15, -0.1) is 0 Å². The maximum atomic E-state index is 11.7. The molecule has 4 heteroatoms. The number of aliphatic hydroxyl groups excluding tert-OH is 1. The van der Waals surface area contributed by atoms with Crippen LogP contribution in [0, 0.1) is 0 Å². The molecular formula is C19H19NO3. The van der Waals surface area contributed by atoms with Crippen LogP contribution in [-0.4, -0.2) is 10.1 Å². The molecule has 1 heterocycles. The molecule has 3 rings (SSSR count). The van der Waals surface area contributed by atoms with Crippen LogP contribution in [0.25, 0.3) is 10.9 Å². The predicted molar refractivity (Wildman–Crippen MR) is 90.6 cm³/mol. The lowest BCUT2D eigenvalue weighted by atomic mass is 10.0. The molecule has 118 valence electrons. The highest BCUT2D eigenvalue weighted by molar-refractivity contribution is 5.87. The largest absolute Gasteiger partial charge is 0.487 e. The highest BCUT2D eigenvalue weighted by Crippen LogP contribution is 2.31. The Bertz CT molecular complexity index is 855. The van der Waals surface area contributed by atoms with Gasteiger partial charge in [0.25, 0.3) is 0 Å². The first kappa shape index (κ1) is 15.3. The van der Waals surface area contributed by atoms with Crippen molar-refractivity contribution in [2.45, 2.75) is 26.1 Å². The molecule has 0 aliphatic rings. The number of H-pyrrole nitrogens is 1. The minimum absolute atomic E-state index is 0.190. The van der Waals surface area contributed by atoms with Crippen LogP contribution in [0.4, 0.5) is 0 Å². The number of nitrogens with one attached hydrogen (secondary N) is 1. The Morgan fingerprint density at radius 1 is 1.09 bits per heavy atom. The first-order valence-corrected chi connectivity index (χ1v) is 7.69. The first-order chi connectivity index (χ1) is 11.2. The van der Waals surface area contributed by atoms with Gasteiger partial charge in [-0.05, 0) is 29.7 Å².